The molecule has 0 aliphatic rings. The summed E-state index contributed by atoms with van der Waals surface area (Å²) in [5, 5.41) is 0. The monoisotopic (exact) mass is 182 g/mol. The number of hydrogen-bond acceptors (Lipinski definition) is 0. The number of aryl methyl sites for hydroxylation is 3. The zero-order chi connectivity index (χ0) is 10.6. The molecule has 0 N–H and O–H groups in total. The smallest absolute Gasteiger partial charge is 0.0314 e. The second kappa shape index (κ2) is 4.54. The first kappa shape index (κ1) is 10.4. The minimum atomic E-state index is 1.11. The van der Waals surface area contributed by atoms with Gasteiger partial charge in [-0.1, -0.05) is 29.5 Å². The summed E-state index contributed by atoms with van der Waals surface area (Å²) in [5.41, 5.74) is 4.85. The molecule has 0 aliphatic heterocycles. The van der Waals surface area contributed by atoms with Crippen molar-refractivity contribution in [3.63, 3.8) is 0 Å². The quantitative estimate of drug-likeness (QED) is 0.541. The fourth-order valence-corrected chi connectivity index (χ4v) is 1.53. The van der Waals surface area contributed by atoms with Crippen LogP contribution in [0.2, 0.25) is 0 Å². The fraction of sp³-hybridized carbons (Fsp3) is 0.286. The van der Waals surface area contributed by atoms with Crippen LogP contribution in [0.25, 0.3) is 0 Å². The van der Waals surface area contributed by atoms with Crippen molar-refractivity contribution in [1.29, 1.82) is 0 Å². The van der Waals surface area contributed by atoms with Gasteiger partial charge in [0.2, 0.25) is 0 Å². The van der Waals surface area contributed by atoms with E-state index in [1.165, 1.54) is 16.7 Å². The Morgan fingerprint density at radius 3 is 2.00 bits per heavy atom. The van der Waals surface area contributed by atoms with Gasteiger partial charge in [0.05, 0.1) is 0 Å². The van der Waals surface area contributed by atoms with E-state index in [1.54, 1.807) is 6.92 Å². The summed E-state index contributed by atoms with van der Waals surface area (Å²) < 4.78 is 0. The molecule has 0 aliphatic carbocycles. The normalized spacial score (nSPS) is 8.29. The largest absolute Gasteiger partial charge is 0.0925 e. The molecular formula is C14H14. The molecule has 0 saturated carbocycles. The molecule has 70 valence electrons. The third-order valence-corrected chi connectivity index (χ3v) is 2.05. The van der Waals surface area contributed by atoms with E-state index in [-0.39, 0.29) is 0 Å². The SMILES string of the molecule is CC#CC#Cc1c(C)cc(C)cc1C. The Hall–Kier alpha value is -1.66. The summed E-state index contributed by atoms with van der Waals surface area (Å²) in [7, 11) is 0. The van der Waals surface area contributed by atoms with Crippen molar-refractivity contribution >= 4 is 0 Å². The Kier molecular flexibility index (Phi) is 3.38. The minimum absolute atomic E-state index is 1.11. The highest BCUT2D eigenvalue weighted by Gasteiger charge is 1.99. The molecule has 1 rings (SSSR count). The first-order valence-corrected chi connectivity index (χ1v) is 4.65. The van der Waals surface area contributed by atoms with Crippen LogP contribution < -0.4 is 0 Å². The number of hydrogen-bond donors (Lipinski definition) is 0. The lowest BCUT2D eigenvalue weighted by Crippen LogP contribution is -1.89. The highest BCUT2D eigenvalue weighted by atomic mass is 14.0. The van der Waals surface area contributed by atoms with Gasteiger partial charge in [0.15, 0.2) is 0 Å². The summed E-state index contributed by atoms with van der Waals surface area (Å²) in [6, 6.07) is 4.30. The average molecular weight is 182 g/mol. The van der Waals surface area contributed by atoms with Crippen LogP contribution in [0.5, 0.6) is 0 Å². The maximum atomic E-state index is 3.09. The molecule has 0 unspecified atom stereocenters. The van der Waals surface area contributed by atoms with Crippen molar-refractivity contribution < 1.29 is 0 Å². The second-order valence-electron chi connectivity index (χ2n) is 3.40. The zero-order valence-electron chi connectivity index (χ0n) is 9.15. The molecule has 1 aromatic rings. The van der Waals surface area contributed by atoms with Gasteiger partial charge in [-0.25, -0.2) is 0 Å². The summed E-state index contributed by atoms with van der Waals surface area (Å²) in [5.74, 6) is 11.4. The molecule has 0 saturated heterocycles. The first-order chi connectivity index (χ1) is 6.65. The van der Waals surface area contributed by atoms with Gasteiger partial charge in [-0.3, -0.25) is 0 Å². The lowest BCUT2D eigenvalue weighted by Gasteiger charge is -2.04. The molecule has 0 radical (unpaired) electrons. The Bertz CT molecular complexity index is 433. The Morgan fingerprint density at radius 1 is 0.929 bits per heavy atom. The van der Waals surface area contributed by atoms with Crippen molar-refractivity contribution in [1.82, 2.24) is 0 Å². The summed E-state index contributed by atoms with van der Waals surface area (Å²) in [6.45, 7) is 8.07. The molecule has 0 heteroatoms. The van der Waals surface area contributed by atoms with E-state index in [0.29, 0.717) is 0 Å². The molecule has 0 bridgehead atoms. The molecule has 0 amide bonds. The van der Waals surface area contributed by atoms with E-state index in [4.69, 9.17) is 0 Å². The maximum absolute atomic E-state index is 3.09. The number of rotatable bonds is 0. The summed E-state index contributed by atoms with van der Waals surface area (Å²) in [4.78, 5) is 0. The summed E-state index contributed by atoms with van der Waals surface area (Å²) >= 11 is 0. The highest BCUT2D eigenvalue weighted by Crippen LogP contribution is 2.14. The van der Waals surface area contributed by atoms with Crippen LogP contribution in [0.3, 0.4) is 0 Å². The van der Waals surface area contributed by atoms with Crippen LogP contribution in [-0.4, -0.2) is 0 Å². The Morgan fingerprint density at radius 2 is 1.50 bits per heavy atom. The minimum Gasteiger partial charge on any atom is -0.0925 e. The van der Waals surface area contributed by atoms with Crippen molar-refractivity contribution in [3.8, 4) is 23.7 Å². The predicted molar refractivity (Wildman–Crippen MR) is 61.0 cm³/mol. The average Bonchev–Trinajstić information content (AvgIpc) is 2.09. The van der Waals surface area contributed by atoms with E-state index in [0.717, 1.165) is 5.56 Å². The Labute approximate surface area is 86.3 Å². The van der Waals surface area contributed by atoms with Crippen LogP contribution in [0.15, 0.2) is 12.1 Å². The lowest BCUT2D eigenvalue weighted by molar-refractivity contribution is 1.30. The molecule has 0 nitrogen and oxygen atoms in total. The molecule has 0 aromatic heterocycles. The van der Waals surface area contributed by atoms with Crippen LogP contribution in [0, 0.1) is 44.5 Å². The third kappa shape index (κ3) is 2.41. The van der Waals surface area contributed by atoms with E-state index in [1.807, 2.05) is 0 Å². The van der Waals surface area contributed by atoms with Crippen molar-refractivity contribution in [2.24, 2.45) is 0 Å². The molecule has 0 heterocycles. The van der Waals surface area contributed by atoms with Crippen LogP contribution in [-0.2, 0) is 0 Å². The van der Waals surface area contributed by atoms with Crippen LogP contribution in [0.1, 0.15) is 29.2 Å². The topological polar surface area (TPSA) is 0 Å². The van der Waals surface area contributed by atoms with Gasteiger partial charge in [-0.15, -0.1) is 0 Å². The predicted octanol–water partition coefficient (Wildman–Crippen LogP) is 2.99. The highest BCUT2D eigenvalue weighted by molar-refractivity contribution is 5.50. The third-order valence-electron chi connectivity index (χ3n) is 2.05. The van der Waals surface area contributed by atoms with E-state index in [9.17, 15) is 0 Å². The molecule has 14 heavy (non-hydrogen) atoms. The first-order valence-electron chi connectivity index (χ1n) is 4.65. The fourth-order valence-electron chi connectivity index (χ4n) is 1.53. The maximum Gasteiger partial charge on any atom is 0.0314 e. The molecule has 1 aromatic carbocycles. The molecule has 0 atom stereocenters. The van der Waals surface area contributed by atoms with Gasteiger partial charge in [-0.2, -0.15) is 0 Å². The van der Waals surface area contributed by atoms with Crippen molar-refractivity contribution in [2.75, 3.05) is 0 Å². The van der Waals surface area contributed by atoms with E-state index >= 15 is 0 Å². The standard InChI is InChI=1S/C14H14/c1-5-6-7-8-14-12(3)9-11(2)10-13(14)4/h9-10H,1-4H3. The second-order valence-corrected chi connectivity index (χ2v) is 3.40. The van der Waals surface area contributed by atoms with Crippen molar-refractivity contribution in [2.45, 2.75) is 27.7 Å². The van der Waals surface area contributed by atoms with E-state index < -0.39 is 0 Å². The van der Waals surface area contributed by atoms with Gasteiger partial charge < -0.3 is 0 Å². The van der Waals surface area contributed by atoms with Crippen molar-refractivity contribution in [3.05, 3.63) is 34.4 Å². The zero-order valence-corrected chi connectivity index (χ0v) is 9.15. The summed E-state index contributed by atoms with van der Waals surface area (Å²) in [6.07, 6.45) is 0. The number of benzene rings is 1. The van der Waals surface area contributed by atoms with Gasteiger partial charge in [-0.05, 0) is 50.7 Å². The van der Waals surface area contributed by atoms with Gasteiger partial charge in [0, 0.05) is 5.56 Å². The van der Waals surface area contributed by atoms with Gasteiger partial charge in [0.25, 0.3) is 0 Å². The van der Waals surface area contributed by atoms with Gasteiger partial charge >= 0.3 is 0 Å². The lowest BCUT2D eigenvalue weighted by atomic mass is 10.0. The Balaban J connectivity index is 3.21. The van der Waals surface area contributed by atoms with E-state index in [2.05, 4.69) is 56.6 Å². The molecule has 0 fully saturated rings. The molecular weight excluding hydrogens is 168 g/mol. The van der Waals surface area contributed by atoms with Gasteiger partial charge in [0.1, 0.15) is 0 Å². The molecule has 0 spiro atoms. The van der Waals surface area contributed by atoms with Crippen LogP contribution >= 0.6 is 0 Å². The van der Waals surface area contributed by atoms with Crippen LogP contribution in [0.4, 0.5) is 0 Å².